The summed E-state index contributed by atoms with van der Waals surface area (Å²) in [5.74, 6) is 1.06. The predicted molar refractivity (Wildman–Crippen MR) is 145 cm³/mol. The first-order chi connectivity index (χ1) is 18.0. The monoisotopic (exact) mass is 546 g/mol. The van der Waals surface area contributed by atoms with Gasteiger partial charge in [-0.2, -0.15) is 18.4 Å². The number of hydrogen-bond donors (Lipinski definition) is 2. The van der Waals surface area contributed by atoms with Gasteiger partial charge in [-0.3, -0.25) is 9.69 Å². The molecule has 2 aromatic rings. The molecule has 38 heavy (non-hydrogen) atoms. The number of thiol groups is 1. The predicted octanol–water partition coefficient (Wildman–Crippen LogP) is 5.75. The molecule has 2 saturated heterocycles. The number of alkyl halides is 3. The summed E-state index contributed by atoms with van der Waals surface area (Å²) in [7, 11) is 0. The molecular weight excluding hydrogens is 513 g/mol. The molecule has 1 atom stereocenters. The number of halogens is 3. The normalized spacial score (nSPS) is 20.1. The molecule has 2 aliphatic rings. The van der Waals surface area contributed by atoms with E-state index in [0.717, 1.165) is 61.5 Å². The van der Waals surface area contributed by atoms with E-state index in [-0.39, 0.29) is 5.69 Å². The van der Waals surface area contributed by atoms with E-state index in [1.807, 2.05) is 25.1 Å². The van der Waals surface area contributed by atoms with Crippen LogP contribution in [0.15, 0.2) is 36.4 Å². The quantitative estimate of drug-likeness (QED) is 0.433. The van der Waals surface area contributed by atoms with E-state index >= 15 is 0 Å². The SMILES string of the molecule is CCc1cc(N2C(S)N(c3ccc(C#N)c(C(F)(F)F)c3)C(=O)C2(C)C)ccc1OCCC1CCNCC1. The van der Waals surface area contributed by atoms with Gasteiger partial charge in [-0.1, -0.05) is 6.92 Å². The maximum Gasteiger partial charge on any atom is 0.417 e. The molecule has 2 fully saturated rings. The summed E-state index contributed by atoms with van der Waals surface area (Å²) < 4.78 is 47.0. The fourth-order valence-electron chi connectivity index (χ4n) is 5.27. The minimum absolute atomic E-state index is 0.0329. The molecule has 0 bridgehead atoms. The van der Waals surface area contributed by atoms with E-state index in [0.29, 0.717) is 18.9 Å². The van der Waals surface area contributed by atoms with Crippen LogP contribution >= 0.6 is 12.6 Å². The molecule has 2 aromatic carbocycles. The third-order valence-corrected chi connectivity index (χ3v) is 7.92. The molecule has 0 saturated carbocycles. The number of rotatable bonds is 7. The summed E-state index contributed by atoms with van der Waals surface area (Å²) in [4.78, 5) is 16.5. The molecule has 2 aliphatic heterocycles. The maximum absolute atomic E-state index is 13.6. The fourth-order valence-corrected chi connectivity index (χ4v) is 5.93. The number of nitrogens with zero attached hydrogens (tertiary/aromatic N) is 3. The van der Waals surface area contributed by atoms with E-state index in [1.165, 1.54) is 11.0 Å². The summed E-state index contributed by atoms with van der Waals surface area (Å²) in [5.41, 5.74) is -1.79. The van der Waals surface area contributed by atoms with Crippen molar-refractivity contribution in [1.29, 1.82) is 5.26 Å². The number of benzene rings is 2. The van der Waals surface area contributed by atoms with Crippen molar-refractivity contribution in [3.63, 3.8) is 0 Å². The fraction of sp³-hybridized carbons (Fsp3) is 0.500. The molecule has 1 unspecified atom stereocenters. The Balaban J connectivity index is 1.59. The summed E-state index contributed by atoms with van der Waals surface area (Å²) in [6, 6.07) is 10.6. The summed E-state index contributed by atoms with van der Waals surface area (Å²) in [6.45, 7) is 8.20. The van der Waals surface area contributed by atoms with E-state index in [4.69, 9.17) is 10.00 Å². The summed E-state index contributed by atoms with van der Waals surface area (Å²) >= 11 is 4.69. The van der Waals surface area contributed by atoms with E-state index < -0.39 is 34.2 Å². The van der Waals surface area contributed by atoms with Gasteiger partial charge in [-0.25, -0.2) is 0 Å². The Labute approximate surface area is 227 Å². The lowest BCUT2D eigenvalue weighted by molar-refractivity contribution is -0.137. The van der Waals surface area contributed by atoms with Crippen molar-refractivity contribution in [2.75, 3.05) is 29.5 Å². The highest BCUT2D eigenvalue weighted by atomic mass is 32.1. The van der Waals surface area contributed by atoms with Crippen molar-refractivity contribution in [1.82, 2.24) is 5.32 Å². The third kappa shape index (κ3) is 5.45. The Hall–Kier alpha value is -2.90. The number of aryl methyl sites for hydroxylation is 1. The number of amides is 1. The molecule has 10 heteroatoms. The van der Waals surface area contributed by atoms with Crippen molar-refractivity contribution < 1.29 is 22.7 Å². The lowest BCUT2D eigenvalue weighted by Crippen LogP contribution is -2.45. The molecule has 0 spiro atoms. The first kappa shape index (κ1) is 28.1. The molecule has 204 valence electrons. The van der Waals surface area contributed by atoms with Crippen LogP contribution < -0.4 is 19.9 Å². The number of nitrogens with one attached hydrogen (secondary N) is 1. The number of piperidine rings is 1. The highest BCUT2D eigenvalue weighted by molar-refractivity contribution is 7.81. The van der Waals surface area contributed by atoms with Crippen LogP contribution in [0.3, 0.4) is 0 Å². The van der Waals surface area contributed by atoms with Crippen LogP contribution in [0.1, 0.15) is 56.7 Å². The highest BCUT2D eigenvalue weighted by Crippen LogP contribution is 2.43. The van der Waals surface area contributed by atoms with Gasteiger partial charge in [0.05, 0.1) is 23.8 Å². The first-order valence-electron chi connectivity index (χ1n) is 12.9. The number of ether oxygens (including phenoxy) is 1. The topological polar surface area (TPSA) is 68.6 Å². The Morgan fingerprint density at radius 1 is 1.16 bits per heavy atom. The van der Waals surface area contributed by atoms with Gasteiger partial charge >= 0.3 is 6.18 Å². The average Bonchev–Trinajstić information content (AvgIpc) is 3.07. The molecule has 0 radical (unpaired) electrons. The summed E-state index contributed by atoms with van der Waals surface area (Å²) in [5, 5.41) is 12.5. The van der Waals surface area contributed by atoms with Crippen molar-refractivity contribution in [3.8, 4) is 11.8 Å². The number of hydrogen-bond acceptors (Lipinski definition) is 6. The minimum Gasteiger partial charge on any atom is -0.493 e. The summed E-state index contributed by atoms with van der Waals surface area (Å²) in [6.07, 6.45) is -0.706. The number of nitriles is 1. The lowest BCUT2D eigenvalue weighted by atomic mass is 9.95. The first-order valence-corrected chi connectivity index (χ1v) is 13.4. The zero-order valence-electron chi connectivity index (χ0n) is 21.8. The van der Waals surface area contributed by atoms with Crippen LogP contribution in [-0.4, -0.2) is 36.6 Å². The van der Waals surface area contributed by atoms with Gasteiger partial charge < -0.3 is 15.0 Å². The Morgan fingerprint density at radius 2 is 1.84 bits per heavy atom. The second kappa shape index (κ2) is 11.1. The van der Waals surface area contributed by atoms with Crippen LogP contribution in [0.4, 0.5) is 24.5 Å². The van der Waals surface area contributed by atoms with E-state index in [9.17, 15) is 18.0 Å². The van der Waals surface area contributed by atoms with Gasteiger partial charge in [0.25, 0.3) is 5.91 Å². The zero-order chi connectivity index (χ0) is 27.7. The molecule has 1 amide bonds. The Kier molecular flexibility index (Phi) is 8.19. The molecule has 2 heterocycles. The molecular formula is C28H33F3N4O2S. The van der Waals surface area contributed by atoms with E-state index in [2.05, 4.69) is 17.9 Å². The third-order valence-electron chi connectivity index (χ3n) is 7.46. The molecule has 0 aliphatic carbocycles. The van der Waals surface area contributed by atoms with Gasteiger partial charge in [0, 0.05) is 11.4 Å². The van der Waals surface area contributed by atoms with Gasteiger partial charge in [-0.15, -0.1) is 12.6 Å². The van der Waals surface area contributed by atoms with Crippen LogP contribution in [0, 0.1) is 17.2 Å². The van der Waals surface area contributed by atoms with Crippen LogP contribution in [-0.2, 0) is 17.4 Å². The molecule has 4 rings (SSSR count). The van der Waals surface area contributed by atoms with Gasteiger partial charge in [0.15, 0.2) is 5.50 Å². The van der Waals surface area contributed by atoms with Gasteiger partial charge in [0.2, 0.25) is 0 Å². The Bertz CT molecular complexity index is 1220. The highest BCUT2D eigenvalue weighted by Gasteiger charge is 2.51. The molecule has 6 nitrogen and oxygen atoms in total. The molecule has 0 aromatic heterocycles. The van der Waals surface area contributed by atoms with Crippen LogP contribution in [0.5, 0.6) is 5.75 Å². The Morgan fingerprint density at radius 3 is 2.47 bits per heavy atom. The standard InChI is InChI=1S/C28H33F3N4O2S/c1-4-19-15-22(7-8-24(19)37-14-11-18-9-12-33-13-10-18)35-26(38)34(25(36)27(35,2)3)21-6-5-20(17-32)23(16-21)28(29,30)31/h5-8,15-16,18,26,33,38H,4,9-14H2,1-3H3. The van der Waals surface area contributed by atoms with Crippen LogP contribution in [0.25, 0.3) is 0 Å². The van der Waals surface area contributed by atoms with E-state index in [1.54, 1.807) is 24.8 Å². The minimum atomic E-state index is -4.73. The number of carbonyl (C=O) groups is 1. The lowest BCUT2D eigenvalue weighted by Gasteiger charge is -2.34. The second-order valence-corrected chi connectivity index (χ2v) is 10.7. The second-order valence-electron chi connectivity index (χ2n) is 10.3. The van der Waals surface area contributed by atoms with Crippen molar-refractivity contribution in [2.24, 2.45) is 5.92 Å². The van der Waals surface area contributed by atoms with Gasteiger partial charge in [0.1, 0.15) is 11.3 Å². The number of anilines is 2. The van der Waals surface area contributed by atoms with Crippen molar-refractivity contribution in [2.45, 2.75) is 63.7 Å². The smallest absolute Gasteiger partial charge is 0.417 e. The maximum atomic E-state index is 13.6. The molecule has 1 N–H and O–H groups in total. The van der Waals surface area contributed by atoms with Crippen molar-refractivity contribution >= 4 is 29.9 Å². The largest absolute Gasteiger partial charge is 0.493 e. The van der Waals surface area contributed by atoms with Crippen molar-refractivity contribution in [3.05, 3.63) is 53.1 Å². The zero-order valence-corrected chi connectivity index (χ0v) is 22.7. The van der Waals surface area contributed by atoms with Crippen LogP contribution in [0.2, 0.25) is 0 Å². The number of carbonyl (C=O) groups excluding carboxylic acids is 1. The average molecular weight is 547 g/mol. The van der Waals surface area contributed by atoms with Gasteiger partial charge in [-0.05, 0) is 100 Å².